The number of carbonyl (C=O) groups excluding carboxylic acids is 1. The van der Waals surface area contributed by atoms with Crippen LogP contribution in [0.1, 0.15) is 0 Å². The van der Waals surface area contributed by atoms with Crippen LogP contribution in [0.25, 0.3) is 0 Å². The Morgan fingerprint density at radius 1 is 1.88 bits per heavy atom. The number of amides is 1. The average Bonchev–Trinajstić information content (AvgIpc) is 2.14. The van der Waals surface area contributed by atoms with Crippen LogP contribution < -0.4 is 10.9 Å². The van der Waals surface area contributed by atoms with Crippen LogP contribution in [0.5, 0.6) is 0 Å². The summed E-state index contributed by atoms with van der Waals surface area (Å²) >= 11 is 2.87. The van der Waals surface area contributed by atoms with Crippen LogP contribution in [0, 0.1) is 0 Å². The van der Waals surface area contributed by atoms with Crippen LogP contribution in [-0.4, -0.2) is 16.2 Å². The van der Waals surface area contributed by atoms with Crippen molar-refractivity contribution in [3.63, 3.8) is 0 Å². The van der Waals surface area contributed by atoms with Crippen molar-refractivity contribution in [1.82, 2.24) is 10.9 Å². The highest BCUT2D eigenvalue weighted by atomic mass is 32.2. The van der Waals surface area contributed by atoms with Gasteiger partial charge in [0.05, 0.1) is 0 Å². The molecule has 1 amide bonds. The van der Waals surface area contributed by atoms with Crippen molar-refractivity contribution in [1.29, 1.82) is 0 Å². The molecule has 1 aliphatic rings. The van der Waals surface area contributed by atoms with Gasteiger partial charge in [-0.15, -0.1) is 11.8 Å². The highest BCUT2D eigenvalue weighted by Gasteiger charge is 2.19. The van der Waals surface area contributed by atoms with E-state index in [2.05, 4.69) is 10.9 Å². The maximum absolute atomic E-state index is 10.4. The summed E-state index contributed by atoms with van der Waals surface area (Å²) in [6.07, 6.45) is 1.95. The Labute approximate surface area is 55.9 Å². The van der Waals surface area contributed by atoms with Gasteiger partial charge in [-0.25, -0.2) is 5.43 Å². The van der Waals surface area contributed by atoms with E-state index in [1.807, 2.05) is 6.26 Å². The van der Waals surface area contributed by atoms with Crippen molar-refractivity contribution in [2.24, 2.45) is 0 Å². The van der Waals surface area contributed by atoms with E-state index in [0.29, 0.717) is 0 Å². The normalized spacial score (nSPS) is 28.1. The van der Waals surface area contributed by atoms with E-state index in [0.717, 1.165) is 0 Å². The molecule has 1 atom stereocenters. The topological polar surface area (TPSA) is 41.1 Å². The molecule has 5 heteroatoms. The summed E-state index contributed by atoms with van der Waals surface area (Å²) in [7, 11) is 0. The summed E-state index contributed by atoms with van der Waals surface area (Å²) in [6, 6.07) is 0. The molecule has 1 unspecified atom stereocenters. The molecule has 46 valence electrons. The van der Waals surface area contributed by atoms with Gasteiger partial charge in [0.15, 0.2) is 0 Å². The summed E-state index contributed by atoms with van der Waals surface area (Å²) in [5.41, 5.74) is 5.26. The molecule has 8 heavy (non-hydrogen) atoms. The fourth-order valence-electron chi connectivity index (χ4n) is 0.381. The van der Waals surface area contributed by atoms with Gasteiger partial charge in [0.2, 0.25) is 0 Å². The standard InChI is InChI=1S/C3H6N2OS2/c1-7-3-5-4-2(6)8-3/h3,5H,1H3,(H,4,6). The molecule has 0 aliphatic carbocycles. The SMILES string of the molecule is CSC1NNC(=O)S1. The van der Waals surface area contributed by atoms with Crippen LogP contribution in [0.15, 0.2) is 0 Å². The molecule has 0 aromatic heterocycles. The minimum Gasteiger partial charge on any atom is -0.280 e. The average molecular weight is 150 g/mol. The smallest absolute Gasteiger partial charge is 0.280 e. The lowest BCUT2D eigenvalue weighted by atomic mass is 11.3. The number of thioether (sulfide) groups is 2. The first kappa shape index (κ1) is 6.25. The molecular formula is C3H6N2OS2. The van der Waals surface area contributed by atoms with E-state index in [-0.39, 0.29) is 9.95 Å². The van der Waals surface area contributed by atoms with E-state index in [4.69, 9.17) is 0 Å². The zero-order valence-electron chi connectivity index (χ0n) is 4.30. The van der Waals surface area contributed by atoms with Gasteiger partial charge in [0, 0.05) is 0 Å². The van der Waals surface area contributed by atoms with Gasteiger partial charge in [-0.05, 0) is 18.0 Å². The van der Waals surface area contributed by atoms with Crippen molar-refractivity contribution in [2.75, 3.05) is 6.26 Å². The van der Waals surface area contributed by atoms with Gasteiger partial charge in [0.25, 0.3) is 5.24 Å². The summed E-state index contributed by atoms with van der Waals surface area (Å²) in [6.45, 7) is 0. The minimum atomic E-state index is 0.00403. The predicted molar refractivity (Wildman–Crippen MR) is 36.6 cm³/mol. The molecule has 0 saturated carbocycles. The van der Waals surface area contributed by atoms with Crippen LogP contribution >= 0.6 is 23.5 Å². The molecule has 0 radical (unpaired) electrons. The molecule has 1 rings (SSSR count). The molecule has 0 spiro atoms. The van der Waals surface area contributed by atoms with Crippen molar-refractivity contribution in [2.45, 2.75) is 4.71 Å². The highest BCUT2D eigenvalue weighted by molar-refractivity contribution is 8.24. The second-order valence-corrected chi connectivity index (χ2v) is 3.56. The number of hydrogen-bond donors (Lipinski definition) is 2. The molecular weight excluding hydrogens is 144 g/mol. The fraction of sp³-hybridized carbons (Fsp3) is 0.667. The van der Waals surface area contributed by atoms with Gasteiger partial charge in [-0.2, -0.15) is 0 Å². The summed E-state index contributed by atoms with van der Waals surface area (Å²) < 4.78 is 0.197. The fourth-order valence-corrected chi connectivity index (χ4v) is 1.64. The molecule has 1 aliphatic heterocycles. The van der Waals surface area contributed by atoms with Gasteiger partial charge in [-0.1, -0.05) is 0 Å². The second kappa shape index (κ2) is 2.61. The quantitative estimate of drug-likeness (QED) is 0.574. The number of carbonyl (C=O) groups is 1. The van der Waals surface area contributed by atoms with Gasteiger partial charge >= 0.3 is 0 Å². The van der Waals surface area contributed by atoms with Crippen LogP contribution in [0.2, 0.25) is 0 Å². The van der Waals surface area contributed by atoms with Crippen LogP contribution in [0.4, 0.5) is 4.79 Å². The lowest BCUT2D eigenvalue weighted by molar-refractivity contribution is 0.259. The predicted octanol–water partition coefficient (Wildman–Crippen LogP) is 0.594. The largest absolute Gasteiger partial charge is 0.295 e. The first-order valence-electron chi connectivity index (χ1n) is 2.08. The number of hydrazine groups is 1. The molecule has 1 fully saturated rings. The maximum Gasteiger partial charge on any atom is 0.295 e. The number of nitrogens with one attached hydrogen (secondary N) is 2. The van der Waals surface area contributed by atoms with E-state index < -0.39 is 0 Å². The van der Waals surface area contributed by atoms with Gasteiger partial charge in [0.1, 0.15) is 4.71 Å². The van der Waals surface area contributed by atoms with E-state index in [9.17, 15) is 4.79 Å². The minimum absolute atomic E-state index is 0.00403. The number of hydrogen-bond acceptors (Lipinski definition) is 4. The second-order valence-electron chi connectivity index (χ2n) is 1.24. The third kappa shape index (κ3) is 1.30. The van der Waals surface area contributed by atoms with Gasteiger partial charge in [-0.3, -0.25) is 10.2 Å². The Morgan fingerprint density at radius 2 is 2.62 bits per heavy atom. The van der Waals surface area contributed by atoms with Crippen molar-refractivity contribution < 1.29 is 4.79 Å². The Balaban J connectivity index is 2.32. The first-order chi connectivity index (χ1) is 3.83. The summed E-state index contributed by atoms with van der Waals surface area (Å²) in [5, 5.41) is 0.00403. The molecule has 3 nitrogen and oxygen atoms in total. The molecule has 0 aromatic rings. The van der Waals surface area contributed by atoms with Crippen LogP contribution in [-0.2, 0) is 0 Å². The molecule has 0 bridgehead atoms. The Hall–Kier alpha value is 0.130. The van der Waals surface area contributed by atoms with Crippen molar-refractivity contribution >= 4 is 28.8 Å². The first-order valence-corrected chi connectivity index (χ1v) is 4.24. The zero-order valence-corrected chi connectivity index (χ0v) is 5.94. The number of rotatable bonds is 1. The molecule has 2 N–H and O–H groups in total. The maximum atomic E-state index is 10.4. The van der Waals surface area contributed by atoms with Crippen molar-refractivity contribution in [3.05, 3.63) is 0 Å². The lowest BCUT2D eigenvalue weighted by Crippen LogP contribution is -2.28. The summed E-state index contributed by atoms with van der Waals surface area (Å²) in [4.78, 5) is 10.4. The Morgan fingerprint density at radius 3 is 2.88 bits per heavy atom. The van der Waals surface area contributed by atoms with Crippen molar-refractivity contribution in [3.8, 4) is 0 Å². The van der Waals surface area contributed by atoms with E-state index in [1.54, 1.807) is 11.8 Å². The van der Waals surface area contributed by atoms with E-state index in [1.165, 1.54) is 11.8 Å². The Kier molecular flexibility index (Phi) is 2.04. The highest BCUT2D eigenvalue weighted by Crippen LogP contribution is 2.21. The third-order valence-electron chi connectivity index (χ3n) is 0.720. The molecule has 0 aromatic carbocycles. The summed E-state index contributed by atoms with van der Waals surface area (Å²) in [5.74, 6) is 0. The zero-order chi connectivity index (χ0) is 5.98. The monoisotopic (exact) mass is 150 g/mol. The van der Waals surface area contributed by atoms with Gasteiger partial charge < -0.3 is 0 Å². The molecule has 1 saturated heterocycles. The van der Waals surface area contributed by atoms with Crippen LogP contribution in [0.3, 0.4) is 0 Å². The third-order valence-corrected chi connectivity index (χ3v) is 2.78. The molecule has 1 heterocycles. The Bertz CT molecular complexity index is 107. The lowest BCUT2D eigenvalue weighted by Gasteiger charge is -1.98. The van der Waals surface area contributed by atoms with E-state index >= 15 is 0 Å².